The molecule has 2 atom stereocenters. The highest BCUT2D eigenvalue weighted by molar-refractivity contribution is 5.85. The van der Waals surface area contributed by atoms with E-state index in [0.717, 1.165) is 54.1 Å². The number of ether oxygens (including phenoxy) is 1. The Labute approximate surface area is 160 Å². The molecule has 5 nitrogen and oxygen atoms in total. The molecular weight excluding hydrogens is 348 g/mol. The number of piperidine rings is 1. The first-order valence-electron chi connectivity index (χ1n) is 8.92. The maximum Gasteiger partial charge on any atom is 0.132 e. The van der Waals surface area contributed by atoms with Crippen LogP contribution in [0, 0.1) is 0 Å². The molecule has 0 aliphatic carbocycles. The molecule has 1 saturated heterocycles. The van der Waals surface area contributed by atoms with Gasteiger partial charge in [0.25, 0.3) is 0 Å². The van der Waals surface area contributed by atoms with Crippen LogP contribution in [0.3, 0.4) is 0 Å². The first-order valence-corrected chi connectivity index (χ1v) is 8.92. The molecule has 0 bridgehead atoms. The molecule has 6 heteroatoms. The summed E-state index contributed by atoms with van der Waals surface area (Å²) in [6.45, 7) is 3.27. The summed E-state index contributed by atoms with van der Waals surface area (Å²) < 4.78 is 5.22. The predicted octanol–water partition coefficient (Wildman–Crippen LogP) is 3.83. The average molecular weight is 373 g/mol. The van der Waals surface area contributed by atoms with Gasteiger partial charge in [-0.2, -0.15) is 0 Å². The van der Waals surface area contributed by atoms with Crippen molar-refractivity contribution < 1.29 is 4.74 Å². The molecule has 26 heavy (non-hydrogen) atoms. The molecule has 2 aromatic heterocycles. The van der Waals surface area contributed by atoms with Gasteiger partial charge in [-0.1, -0.05) is 12.1 Å². The van der Waals surface area contributed by atoms with Gasteiger partial charge >= 0.3 is 0 Å². The Balaban J connectivity index is 0.00000196. The second kappa shape index (κ2) is 8.06. The number of H-pyrrole nitrogens is 1. The van der Waals surface area contributed by atoms with Crippen LogP contribution in [0.15, 0.2) is 36.5 Å². The van der Waals surface area contributed by atoms with Crippen molar-refractivity contribution in [1.29, 1.82) is 0 Å². The number of fused-ring (bicyclic) bond motifs is 1. The van der Waals surface area contributed by atoms with Crippen LogP contribution in [0.2, 0.25) is 0 Å². The third kappa shape index (κ3) is 4.00. The number of hydrogen-bond acceptors (Lipinski definition) is 4. The van der Waals surface area contributed by atoms with Crippen LogP contribution in [-0.2, 0) is 6.42 Å². The summed E-state index contributed by atoms with van der Waals surface area (Å²) >= 11 is 0. The first-order chi connectivity index (χ1) is 12.2. The highest BCUT2D eigenvalue weighted by atomic mass is 35.5. The Bertz CT molecular complexity index is 862. The van der Waals surface area contributed by atoms with Crippen molar-refractivity contribution in [2.24, 2.45) is 0 Å². The van der Waals surface area contributed by atoms with E-state index in [9.17, 15) is 0 Å². The van der Waals surface area contributed by atoms with Crippen LogP contribution in [0.5, 0.6) is 5.75 Å². The molecule has 2 unspecified atom stereocenters. The van der Waals surface area contributed by atoms with E-state index in [0.29, 0.717) is 12.0 Å². The number of aromatic nitrogens is 3. The average Bonchev–Trinajstić information content (AvgIpc) is 3.03. The molecule has 3 heterocycles. The standard InChI is InChI=1S/C20H24N4O.ClH/c1-13-9-15(7-8-21-13)20-22-12-19-18(24-20)11-16(23-19)10-14-3-5-17(25-2)6-4-14;/h3-6,11-13,15,21,23H,7-10H2,1-2H3;1H. The summed E-state index contributed by atoms with van der Waals surface area (Å²) in [5.41, 5.74) is 4.42. The summed E-state index contributed by atoms with van der Waals surface area (Å²) in [4.78, 5) is 12.9. The summed E-state index contributed by atoms with van der Waals surface area (Å²) in [6, 6.07) is 10.9. The molecule has 4 rings (SSSR count). The van der Waals surface area contributed by atoms with Gasteiger partial charge in [0.15, 0.2) is 0 Å². The molecule has 2 N–H and O–H groups in total. The summed E-state index contributed by atoms with van der Waals surface area (Å²) in [5.74, 6) is 2.32. The predicted molar refractivity (Wildman–Crippen MR) is 106 cm³/mol. The van der Waals surface area contributed by atoms with E-state index in [1.54, 1.807) is 7.11 Å². The zero-order valence-corrected chi connectivity index (χ0v) is 16.0. The van der Waals surface area contributed by atoms with Crippen molar-refractivity contribution in [3.8, 4) is 5.75 Å². The van der Waals surface area contributed by atoms with Crippen molar-refractivity contribution in [1.82, 2.24) is 20.3 Å². The van der Waals surface area contributed by atoms with E-state index in [1.807, 2.05) is 18.3 Å². The fraction of sp³-hybridized carbons (Fsp3) is 0.400. The number of nitrogens with zero attached hydrogens (tertiary/aromatic N) is 2. The van der Waals surface area contributed by atoms with Crippen LogP contribution >= 0.6 is 12.4 Å². The monoisotopic (exact) mass is 372 g/mol. The van der Waals surface area contributed by atoms with Gasteiger partial charge in [-0.3, -0.25) is 0 Å². The Morgan fingerprint density at radius 1 is 1.23 bits per heavy atom. The van der Waals surface area contributed by atoms with E-state index in [2.05, 4.69) is 40.4 Å². The molecule has 1 aromatic carbocycles. The Morgan fingerprint density at radius 3 is 2.77 bits per heavy atom. The molecule has 1 aliphatic rings. The van der Waals surface area contributed by atoms with Crippen molar-refractivity contribution in [3.05, 3.63) is 53.6 Å². The third-order valence-corrected chi connectivity index (χ3v) is 4.99. The van der Waals surface area contributed by atoms with Crippen LogP contribution in [0.1, 0.15) is 42.8 Å². The first kappa shape index (κ1) is 18.7. The number of hydrogen-bond donors (Lipinski definition) is 2. The Hall–Kier alpha value is -2.11. The molecule has 3 aromatic rings. The molecule has 0 spiro atoms. The smallest absolute Gasteiger partial charge is 0.132 e. The number of benzene rings is 1. The van der Waals surface area contributed by atoms with Crippen LogP contribution in [-0.4, -0.2) is 34.6 Å². The second-order valence-corrected chi connectivity index (χ2v) is 6.92. The van der Waals surface area contributed by atoms with E-state index >= 15 is 0 Å². The number of aromatic amines is 1. The molecule has 1 aliphatic heterocycles. The van der Waals surface area contributed by atoms with E-state index in [1.165, 1.54) is 5.56 Å². The maximum absolute atomic E-state index is 5.22. The lowest BCUT2D eigenvalue weighted by Gasteiger charge is -2.26. The van der Waals surface area contributed by atoms with Gasteiger partial charge in [-0.15, -0.1) is 12.4 Å². The Morgan fingerprint density at radius 2 is 2.04 bits per heavy atom. The lowest BCUT2D eigenvalue weighted by molar-refractivity contribution is 0.371. The van der Waals surface area contributed by atoms with Crippen LogP contribution < -0.4 is 10.1 Å². The molecule has 0 saturated carbocycles. The molecule has 1 fully saturated rings. The molecule has 0 amide bonds. The quantitative estimate of drug-likeness (QED) is 0.730. The molecule has 138 valence electrons. The van der Waals surface area contributed by atoms with E-state index < -0.39 is 0 Å². The van der Waals surface area contributed by atoms with Gasteiger partial charge in [0, 0.05) is 24.1 Å². The van der Waals surface area contributed by atoms with Gasteiger partial charge in [0.1, 0.15) is 11.6 Å². The Kier molecular flexibility index (Phi) is 5.79. The van der Waals surface area contributed by atoms with Gasteiger partial charge in [-0.05, 0) is 50.1 Å². The number of methoxy groups -OCH3 is 1. The van der Waals surface area contributed by atoms with Gasteiger partial charge < -0.3 is 15.0 Å². The fourth-order valence-electron chi connectivity index (χ4n) is 3.61. The third-order valence-electron chi connectivity index (χ3n) is 4.99. The van der Waals surface area contributed by atoms with Crippen molar-refractivity contribution in [2.75, 3.05) is 13.7 Å². The lowest BCUT2D eigenvalue weighted by Crippen LogP contribution is -2.35. The summed E-state index contributed by atoms with van der Waals surface area (Å²) in [6.07, 6.45) is 5.00. The zero-order chi connectivity index (χ0) is 17.2. The second-order valence-electron chi connectivity index (χ2n) is 6.92. The number of halogens is 1. The zero-order valence-electron chi connectivity index (χ0n) is 15.2. The lowest BCUT2D eigenvalue weighted by atomic mass is 9.92. The van der Waals surface area contributed by atoms with Gasteiger partial charge in [-0.25, -0.2) is 9.97 Å². The minimum atomic E-state index is 0. The SMILES string of the molecule is COc1ccc(Cc2cc3nc(C4CCNC(C)C4)ncc3[nH]2)cc1.Cl. The van der Waals surface area contributed by atoms with Crippen molar-refractivity contribution in [2.45, 2.75) is 38.1 Å². The van der Waals surface area contributed by atoms with E-state index in [4.69, 9.17) is 9.72 Å². The van der Waals surface area contributed by atoms with Crippen molar-refractivity contribution >= 4 is 23.4 Å². The minimum Gasteiger partial charge on any atom is -0.497 e. The number of nitrogens with one attached hydrogen (secondary N) is 2. The van der Waals surface area contributed by atoms with Gasteiger partial charge in [0.2, 0.25) is 0 Å². The molecule has 0 radical (unpaired) electrons. The van der Waals surface area contributed by atoms with Crippen molar-refractivity contribution in [3.63, 3.8) is 0 Å². The van der Waals surface area contributed by atoms with Crippen LogP contribution in [0.25, 0.3) is 11.0 Å². The molecular formula is C20H25ClN4O. The van der Waals surface area contributed by atoms with E-state index in [-0.39, 0.29) is 12.4 Å². The maximum atomic E-state index is 5.22. The summed E-state index contributed by atoms with van der Waals surface area (Å²) in [5, 5.41) is 3.49. The summed E-state index contributed by atoms with van der Waals surface area (Å²) in [7, 11) is 1.69. The minimum absolute atomic E-state index is 0. The fourth-order valence-corrected chi connectivity index (χ4v) is 3.61. The highest BCUT2D eigenvalue weighted by Gasteiger charge is 2.22. The highest BCUT2D eigenvalue weighted by Crippen LogP contribution is 2.26. The van der Waals surface area contributed by atoms with Crippen LogP contribution in [0.4, 0.5) is 0 Å². The topological polar surface area (TPSA) is 62.8 Å². The number of rotatable bonds is 4. The normalized spacial score (nSPS) is 19.9. The largest absolute Gasteiger partial charge is 0.497 e. The van der Waals surface area contributed by atoms with Gasteiger partial charge in [0.05, 0.1) is 24.3 Å².